The molecule has 0 saturated carbocycles. The minimum absolute atomic E-state index is 0.125. The van der Waals surface area contributed by atoms with Gasteiger partial charge in [0.15, 0.2) is 6.10 Å². The molecule has 0 spiro atoms. The lowest BCUT2D eigenvalue weighted by Gasteiger charge is -2.18. The largest absolute Gasteiger partial charge is 0.462 e. The van der Waals surface area contributed by atoms with Gasteiger partial charge in [0.2, 0.25) is 0 Å². The van der Waals surface area contributed by atoms with Gasteiger partial charge in [-0.05, 0) is 128 Å². The Hall–Kier alpha value is -4.45. The Morgan fingerprint density at radius 1 is 0.323 bits per heavy atom. The van der Waals surface area contributed by atoms with Crippen molar-refractivity contribution < 1.29 is 28.6 Å². The maximum atomic E-state index is 12.8. The monoisotopic (exact) mass is 897 g/mol. The van der Waals surface area contributed by atoms with E-state index in [4.69, 9.17) is 14.2 Å². The first-order chi connectivity index (χ1) is 32.0. The molecule has 1 unspecified atom stereocenters. The van der Waals surface area contributed by atoms with Crippen LogP contribution in [0.3, 0.4) is 0 Å². The summed E-state index contributed by atoms with van der Waals surface area (Å²) in [4.78, 5) is 38.0. The van der Waals surface area contributed by atoms with E-state index in [9.17, 15) is 14.4 Å². The van der Waals surface area contributed by atoms with Gasteiger partial charge in [0.05, 0.1) is 0 Å². The van der Waals surface area contributed by atoms with Crippen LogP contribution in [0.5, 0.6) is 0 Å². The number of esters is 3. The Balaban J connectivity index is 4.60. The average Bonchev–Trinajstić information content (AvgIpc) is 3.30. The lowest BCUT2D eigenvalue weighted by atomic mass is 10.1. The van der Waals surface area contributed by atoms with E-state index in [0.717, 1.165) is 122 Å². The smallest absolute Gasteiger partial charge is 0.306 e. The molecule has 0 radical (unpaired) electrons. The molecule has 1 atom stereocenters. The summed E-state index contributed by atoms with van der Waals surface area (Å²) in [6, 6.07) is 0. The molecule has 0 aliphatic rings. The summed E-state index contributed by atoms with van der Waals surface area (Å²) in [6.45, 7) is 6.26. The zero-order valence-corrected chi connectivity index (χ0v) is 41.4. The van der Waals surface area contributed by atoms with Crippen molar-refractivity contribution in [1.82, 2.24) is 0 Å². The Morgan fingerprint density at radius 3 is 1.00 bits per heavy atom. The van der Waals surface area contributed by atoms with Crippen LogP contribution < -0.4 is 0 Å². The molecule has 0 fully saturated rings. The zero-order valence-electron chi connectivity index (χ0n) is 41.4. The van der Waals surface area contributed by atoms with Gasteiger partial charge in [-0.2, -0.15) is 0 Å². The second-order valence-corrected chi connectivity index (χ2v) is 16.3. The van der Waals surface area contributed by atoms with Crippen LogP contribution in [0.4, 0.5) is 0 Å². The van der Waals surface area contributed by atoms with E-state index in [1.54, 1.807) is 0 Å². The van der Waals surface area contributed by atoms with Crippen molar-refractivity contribution in [3.63, 3.8) is 0 Å². The normalized spacial score (nSPS) is 13.2. The van der Waals surface area contributed by atoms with Crippen molar-refractivity contribution in [3.05, 3.63) is 134 Å². The van der Waals surface area contributed by atoms with Gasteiger partial charge in [0.25, 0.3) is 0 Å². The van der Waals surface area contributed by atoms with Gasteiger partial charge in [-0.3, -0.25) is 14.4 Å². The molecule has 0 aromatic carbocycles. The molecular weight excluding hydrogens is 805 g/mol. The maximum absolute atomic E-state index is 12.8. The van der Waals surface area contributed by atoms with E-state index in [2.05, 4.69) is 154 Å². The van der Waals surface area contributed by atoms with E-state index in [1.807, 2.05) is 0 Å². The number of carbonyl (C=O) groups is 3. The fourth-order valence-corrected chi connectivity index (χ4v) is 6.32. The highest BCUT2D eigenvalue weighted by Gasteiger charge is 2.19. The molecule has 6 nitrogen and oxygen atoms in total. The molecule has 364 valence electrons. The Labute approximate surface area is 398 Å². The number of ether oxygens (including phenoxy) is 3. The van der Waals surface area contributed by atoms with Crippen LogP contribution in [0, 0.1) is 0 Å². The lowest BCUT2D eigenvalue weighted by molar-refractivity contribution is -0.167. The summed E-state index contributed by atoms with van der Waals surface area (Å²) in [5.41, 5.74) is 0. The van der Waals surface area contributed by atoms with Crippen LogP contribution in [0.2, 0.25) is 0 Å². The molecule has 0 aromatic heterocycles. The molecule has 0 bridgehead atoms. The molecular formula is C59H92O6. The molecule has 65 heavy (non-hydrogen) atoms. The molecule has 0 aliphatic heterocycles. The van der Waals surface area contributed by atoms with Crippen LogP contribution in [0.1, 0.15) is 201 Å². The molecule has 0 saturated heterocycles. The fourth-order valence-electron chi connectivity index (χ4n) is 6.32. The molecule has 6 heteroatoms. The van der Waals surface area contributed by atoms with Crippen LogP contribution in [0.25, 0.3) is 0 Å². The third kappa shape index (κ3) is 50.4. The van der Waals surface area contributed by atoms with Crippen molar-refractivity contribution in [2.24, 2.45) is 0 Å². The predicted octanol–water partition coefficient (Wildman–Crippen LogP) is 17.1. The fraction of sp³-hybridized carbons (Fsp3) is 0.576. The highest BCUT2D eigenvalue weighted by atomic mass is 16.6. The Kier molecular flexibility index (Phi) is 48.6. The van der Waals surface area contributed by atoms with Crippen LogP contribution in [-0.2, 0) is 28.6 Å². The lowest BCUT2D eigenvalue weighted by Crippen LogP contribution is -2.30. The van der Waals surface area contributed by atoms with E-state index in [-0.39, 0.29) is 44.0 Å². The third-order valence-corrected chi connectivity index (χ3v) is 10.1. The van der Waals surface area contributed by atoms with Crippen LogP contribution in [0.15, 0.2) is 134 Å². The van der Waals surface area contributed by atoms with Crippen molar-refractivity contribution in [2.75, 3.05) is 13.2 Å². The summed E-state index contributed by atoms with van der Waals surface area (Å²) < 4.78 is 16.7. The SMILES string of the molecule is CC/C=C\C/C=C\C/C=C\C/C=C\CCCCCC(=O)OC(COC(=O)CCC/C=C\C/C=C\C/C=C\C/C=C\CCCCC)COC(=O)CCCCCC/C=C\C/C=C\C/C=C\CC. The first-order valence-electron chi connectivity index (χ1n) is 25.7. The number of rotatable bonds is 44. The molecule has 0 amide bonds. The first kappa shape index (κ1) is 60.5. The Bertz CT molecular complexity index is 1450. The summed E-state index contributed by atoms with van der Waals surface area (Å²) >= 11 is 0. The summed E-state index contributed by atoms with van der Waals surface area (Å²) in [7, 11) is 0. The molecule has 0 heterocycles. The van der Waals surface area contributed by atoms with Gasteiger partial charge < -0.3 is 14.2 Å². The van der Waals surface area contributed by atoms with E-state index in [1.165, 1.54) is 25.7 Å². The summed E-state index contributed by atoms with van der Waals surface area (Å²) in [6.07, 6.45) is 72.9. The second kappa shape index (κ2) is 52.2. The van der Waals surface area contributed by atoms with Crippen molar-refractivity contribution in [3.8, 4) is 0 Å². The Morgan fingerprint density at radius 2 is 0.615 bits per heavy atom. The average molecular weight is 897 g/mol. The zero-order chi connectivity index (χ0) is 47.2. The minimum atomic E-state index is -0.831. The summed E-state index contributed by atoms with van der Waals surface area (Å²) in [5.74, 6) is -1.05. The number of hydrogen-bond donors (Lipinski definition) is 0. The van der Waals surface area contributed by atoms with Crippen LogP contribution >= 0.6 is 0 Å². The van der Waals surface area contributed by atoms with Gasteiger partial charge in [-0.15, -0.1) is 0 Å². The molecule has 0 aromatic rings. The van der Waals surface area contributed by atoms with E-state index >= 15 is 0 Å². The van der Waals surface area contributed by atoms with Crippen molar-refractivity contribution in [2.45, 2.75) is 207 Å². The van der Waals surface area contributed by atoms with Gasteiger partial charge in [-0.1, -0.05) is 187 Å². The number of unbranched alkanes of at least 4 members (excludes halogenated alkanes) is 11. The standard InChI is InChI=1S/C59H92O6/c1-4-7-10-13-16-19-22-25-28-30-32-34-37-40-43-46-49-52-58(61)64-55-56(54-63-57(60)51-48-45-42-39-36-33-27-24-21-18-15-12-9-6-3)65-59(62)53-50-47-44-41-38-35-31-29-26-23-20-17-14-11-8-5-2/h8-9,11-12,16-21,25-29,32-35,38,40,43,56H,4-7,10,13-15,22-24,30-31,36-37,39,41-42,44-55H2,1-3H3/b11-8-,12-9-,19-16-,20-17-,21-18-,28-25-,29-26-,33-27-,34-32-,38-35-,43-40-. The van der Waals surface area contributed by atoms with E-state index in [0.29, 0.717) is 19.3 Å². The molecule has 0 rings (SSSR count). The minimum Gasteiger partial charge on any atom is -0.462 e. The van der Waals surface area contributed by atoms with E-state index < -0.39 is 6.10 Å². The number of hydrogen-bond acceptors (Lipinski definition) is 6. The quantitative estimate of drug-likeness (QED) is 0.0262. The molecule has 0 aliphatic carbocycles. The highest BCUT2D eigenvalue weighted by molar-refractivity contribution is 5.71. The summed E-state index contributed by atoms with van der Waals surface area (Å²) in [5, 5.41) is 0. The second-order valence-electron chi connectivity index (χ2n) is 16.3. The van der Waals surface area contributed by atoms with Crippen LogP contribution in [-0.4, -0.2) is 37.2 Å². The van der Waals surface area contributed by atoms with Gasteiger partial charge in [-0.25, -0.2) is 0 Å². The van der Waals surface area contributed by atoms with Crippen molar-refractivity contribution in [1.29, 1.82) is 0 Å². The highest BCUT2D eigenvalue weighted by Crippen LogP contribution is 2.11. The topological polar surface area (TPSA) is 78.9 Å². The number of allylic oxidation sites excluding steroid dienone is 22. The molecule has 0 N–H and O–H groups in total. The van der Waals surface area contributed by atoms with Gasteiger partial charge >= 0.3 is 17.9 Å². The van der Waals surface area contributed by atoms with Gasteiger partial charge in [0.1, 0.15) is 13.2 Å². The first-order valence-corrected chi connectivity index (χ1v) is 25.7. The van der Waals surface area contributed by atoms with Crippen molar-refractivity contribution >= 4 is 17.9 Å². The maximum Gasteiger partial charge on any atom is 0.306 e. The number of carbonyl (C=O) groups excluding carboxylic acids is 3. The third-order valence-electron chi connectivity index (χ3n) is 10.1. The van der Waals surface area contributed by atoms with Gasteiger partial charge in [0, 0.05) is 19.3 Å². The predicted molar refractivity (Wildman–Crippen MR) is 279 cm³/mol.